The van der Waals surface area contributed by atoms with Crippen LogP contribution in [0.15, 0.2) is 30.3 Å². The second-order valence-electron chi connectivity index (χ2n) is 6.22. The fourth-order valence-electron chi connectivity index (χ4n) is 3.42. The average molecular weight is 303 g/mol. The van der Waals surface area contributed by atoms with Gasteiger partial charge in [0.15, 0.2) is 0 Å². The predicted molar refractivity (Wildman–Crippen MR) is 86.6 cm³/mol. The van der Waals surface area contributed by atoms with Gasteiger partial charge in [-0.2, -0.15) is 0 Å². The van der Waals surface area contributed by atoms with Gasteiger partial charge >= 0.3 is 5.97 Å². The molecule has 0 radical (unpaired) electrons. The molecular formula is C18H25NO3. The van der Waals surface area contributed by atoms with Crippen molar-refractivity contribution in [3.63, 3.8) is 0 Å². The van der Waals surface area contributed by atoms with Gasteiger partial charge in [-0.1, -0.05) is 31.5 Å². The molecule has 1 aromatic carbocycles. The lowest BCUT2D eigenvalue weighted by Crippen LogP contribution is -2.43. The Morgan fingerprint density at radius 3 is 2.64 bits per heavy atom. The second-order valence-corrected chi connectivity index (χ2v) is 6.22. The zero-order valence-electron chi connectivity index (χ0n) is 13.7. The molecule has 4 heteroatoms. The molecule has 0 aliphatic heterocycles. The highest BCUT2D eigenvalue weighted by Gasteiger charge is 2.47. The van der Waals surface area contributed by atoms with Gasteiger partial charge in [0.2, 0.25) is 5.91 Å². The lowest BCUT2D eigenvalue weighted by atomic mass is 9.76. The Hall–Kier alpha value is -1.84. The number of rotatable bonds is 5. The molecule has 1 saturated carbocycles. The monoisotopic (exact) mass is 303 g/mol. The van der Waals surface area contributed by atoms with Crippen molar-refractivity contribution in [2.24, 2.45) is 11.3 Å². The fraction of sp³-hybridized carbons (Fsp3) is 0.556. The SMILES string of the molecule is CCOC(=O)C[C@H]1CCC[C@@]1(C)C(=O)N(C)c1ccccc1. The zero-order chi connectivity index (χ0) is 16.2. The fourth-order valence-corrected chi connectivity index (χ4v) is 3.42. The van der Waals surface area contributed by atoms with Crippen LogP contribution in [-0.2, 0) is 14.3 Å². The van der Waals surface area contributed by atoms with Crippen molar-refractivity contribution in [3.8, 4) is 0 Å². The van der Waals surface area contributed by atoms with Crippen LogP contribution in [0.1, 0.15) is 39.5 Å². The van der Waals surface area contributed by atoms with E-state index in [1.807, 2.05) is 44.3 Å². The molecule has 1 amide bonds. The van der Waals surface area contributed by atoms with Crippen molar-refractivity contribution >= 4 is 17.6 Å². The summed E-state index contributed by atoms with van der Waals surface area (Å²) in [5, 5.41) is 0. The van der Waals surface area contributed by atoms with Crippen molar-refractivity contribution in [3.05, 3.63) is 30.3 Å². The molecule has 0 N–H and O–H groups in total. The molecule has 0 aromatic heterocycles. The van der Waals surface area contributed by atoms with E-state index >= 15 is 0 Å². The molecule has 0 unspecified atom stereocenters. The Morgan fingerprint density at radius 2 is 2.00 bits per heavy atom. The summed E-state index contributed by atoms with van der Waals surface area (Å²) < 4.78 is 5.06. The van der Waals surface area contributed by atoms with Gasteiger partial charge < -0.3 is 9.64 Å². The molecule has 0 spiro atoms. The maximum Gasteiger partial charge on any atom is 0.306 e. The largest absolute Gasteiger partial charge is 0.466 e. The molecule has 120 valence electrons. The van der Waals surface area contributed by atoms with Gasteiger partial charge in [0.1, 0.15) is 0 Å². The number of esters is 1. The standard InChI is InChI=1S/C18H25NO3/c1-4-22-16(20)13-14-9-8-12-18(14,2)17(21)19(3)15-10-6-5-7-11-15/h5-7,10-11,14H,4,8-9,12-13H2,1-3H3/t14-,18-/m1/s1. The van der Waals surface area contributed by atoms with Crippen LogP contribution < -0.4 is 4.90 Å². The van der Waals surface area contributed by atoms with Crippen molar-refractivity contribution in [2.45, 2.75) is 39.5 Å². The van der Waals surface area contributed by atoms with Crippen LogP contribution in [0.2, 0.25) is 0 Å². The Morgan fingerprint density at radius 1 is 1.32 bits per heavy atom. The molecule has 0 heterocycles. The summed E-state index contributed by atoms with van der Waals surface area (Å²) in [6.45, 7) is 4.19. The second kappa shape index (κ2) is 6.95. The van der Waals surface area contributed by atoms with Gasteiger partial charge in [-0.05, 0) is 37.8 Å². The first-order chi connectivity index (χ1) is 10.5. The number of benzene rings is 1. The van der Waals surface area contributed by atoms with Gasteiger partial charge in [0.25, 0.3) is 0 Å². The van der Waals surface area contributed by atoms with Crippen LogP contribution >= 0.6 is 0 Å². The van der Waals surface area contributed by atoms with Crippen molar-refractivity contribution in [1.29, 1.82) is 0 Å². The Balaban J connectivity index is 2.13. The van der Waals surface area contributed by atoms with Crippen molar-refractivity contribution < 1.29 is 14.3 Å². The van der Waals surface area contributed by atoms with Gasteiger partial charge in [-0.25, -0.2) is 0 Å². The molecule has 1 aliphatic carbocycles. The smallest absolute Gasteiger partial charge is 0.306 e. The highest BCUT2D eigenvalue weighted by atomic mass is 16.5. The average Bonchev–Trinajstić information content (AvgIpc) is 2.89. The van der Waals surface area contributed by atoms with Crippen molar-refractivity contribution in [2.75, 3.05) is 18.6 Å². The predicted octanol–water partition coefficient (Wildman–Crippen LogP) is 3.41. The van der Waals surface area contributed by atoms with E-state index in [9.17, 15) is 9.59 Å². The van der Waals surface area contributed by atoms with E-state index in [1.165, 1.54) is 0 Å². The van der Waals surface area contributed by atoms with Crippen LogP contribution in [0.5, 0.6) is 0 Å². The molecular weight excluding hydrogens is 278 g/mol. The number of para-hydroxylation sites is 1. The highest BCUT2D eigenvalue weighted by molar-refractivity contribution is 5.97. The van der Waals surface area contributed by atoms with E-state index < -0.39 is 5.41 Å². The van der Waals surface area contributed by atoms with E-state index in [-0.39, 0.29) is 17.8 Å². The first-order valence-corrected chi connectivity index (χ1v) is 7.98. The molecule has 2 atom stereocenters. The number of hydrogen-bond donors (Lipinski definition) is 0. The van der Waals surface area contributed by atoms with Crippen LogP contribution in [0.4, 0.5) is 5.69 Å². The van der Waals surface area contributed by atoms with E-state index in [4.69, 9.17) is 4.74 Å². The number of hydrogen-bond acceptors (Lipinski definition) is 3. The first-order valence-electron chi connectivity index (χ1n) is 7.98. The highest BCUT2D eigenvalue weighted by Crippen LogP contribution is 2.46. The Bertz CT molecular complexity index is 528. The molecule has 0 bridgehead atoms. The summed E-state index contributed by atoms with van der Waals surface area (Å²) in [6.07, 6.45) is 3.05. The third-order valence-corrected chi connectivity index (χ3v) is 4.80. The van der Waals surface area contributed by atoms with Crippen LogP contribution in [0, 0.1) is 11.3 Å². The molecule has 4 nitrogen and oxygen atoms in total. The lowest BCUT2D eigenvalue weighted by molar-refractivity contribution is -0.145. The van der Waals surface area contributed by atoms with Crippen LogP contribution in [-0.4, -0.2) is 25.5 Å². The summed E-state index contributed by atoms with van der Waals surface area (Å²) >= 11 is 0. The first kappa shape index (κ1) is 16.5. The number of amides is 1. The minimum Gasteiger partial charge on any atom is -0.466 e. The number of ether oxygens (including phenoxy) is 1. The van der Waals surface area contributed by atoms with E-state index in [0.29, 0.717) is 13.0 Å². The summed E-state index contributed by atoms with van der Waals surface area (Å²) in [5.41, 5.74) is 0.396. The third-order valence-electron chi connectivity index (χ3n) is 4.80. The third kappa shape index (κ3) is 3.32. The van der Waals surface area contributed by atoms with E-state index in [2.05, 4.69) is 0 Å². The van der Waals surface area contributed by atoms with Gasteiger partial charge in [0.05, 0.1) is 12.0 Å². The summed E-state index contributed by atoms with van der Waals surface area (Å²) in [7, 11) is 1.81. The number of nitrogens with zero attached hydrogens (tertiary/aromatic N) is 1. The minimum atomic E-state index is -0.489. The maximum absolute atomic E-state index is 13.0. The van der Waals surface area contributed by atoms with E-state index in [0.717, 1.165) is 24.9 Å². The van der Waals surface area contributed by atoms with E-state index in [1.54, 1.807) is 11.8 Å². The Kier molecular flexibility index (Phi) is 5.22. The van der Waals surface area contributed by atoms with Gasteiger partial charge in [-0.3, -0.25) is 9.59 Å². The van der Waals surface area contributed by atoms with Gasteiger partial charge in [-0.15, -0.1) is 0 Å². The topological polar surface area (TPSA) is 46.6 Å². The Labute approximate surface area is 132 Å². The number of carbonyl (C=O) groups is 2. The quantitative estimate of drug-likeness (QED) is 0.783. The summed E-state index contributed by atoms with van der Waals surface area (Å²) in [6, 6.07) is 9.63. The number of carbonyl (C=O) groups excluding carboxylic acids is 2. The van der Waals surface area contributed by atoms with Crippen LogP contribution in [0.3, 0.4) is 0 Å². The summed E-state index contributed by atoms with van der Waals surface area (Å²) in [4.78, 5) is 26.5. The summed E-state index contributed by atoms with van der Waals surface area (Å²) in [5.74, 6) is -0.0495. The van der Waals surface area contributed by atoms with Gasteiger partial charge in [0, 0.05) is 19.2 Å². The molecule has 1 fully saturated rings. The minimum absolute atomic E-state index is 0.0604. The molecule has 2 rings (SSSR count). The molecule has 1 aliphatic rings. The molecule has 22 heavy (non-hydrogen) atoms. The van der Waals surface area contributed by atoms with Crippen molar-refractivity contribution in [1.82, 2.24) is 0 Å². The van der Waals surface area contributed by atoms with Crippen LogP contribution in [0.25, 0.3) is 0 Å². The molecule has 0 saturated heterocycles. The lowest BCUT2D eigenvalue weighted by Gasteiger charge is -2.34. The molecule has 1 aromatic rings. The maximum atomic E-state index is 13.0. The zero-order valence-corrected chi connectivity index (χ0v) is 13.7. The normalized spacial score (nSPS) is 24.0. The number of anilines is 1.